The summed E-state index contributed by atoms with van der Waals surface area (Å²) < 4.78 is 4.93. The fraction of sp³-hybridized carbons (Fsp3) is 0.286. The summed E-state index contributed by atoms with van der Waals surface area (Å²) in [6, 6.07) is 8.77. The first-order valence-corrected chi connectivity index (χ1v) is 5.80. The fourth-order valence-electron chi connectivity index (χ4n) is 1.52. The summed E-state index contributed by atoms with van der Waals surface area (Å²) in [5.41, 5.74) is 0.958. The lowest BCUT2D eigenvalue weighted by atomic mass is 10.1. The minimum Gasteiger partial charge on any atom is -0.464 e. The quantitative estimate of drug-likeness (QED) is 0.611. The van der Waals surface area contributed by atoms with Crippen molar-refractivity contribution < 1.29 is 14.3 Å². The van der Waals surface area contributed by atoms with E-state index in [2.05, 4.69) is 11.9 Å². The molecule has 0 bridgehead atoms. The zero-order valence-electron chi connectivity index (χ0n) is 10.4. The lowest BCUT2D eigenvalue weighted by Gasteiger charge is -2.16. The van der Waals surface area contributed by atoms with Crippen LogP contribution in [0.3, 0.4) is 0 Å². The molecule has 0 fully saturated rings. The summed E-state index contributed by atoms with van der Waals surface area (Å²) >= 11 is 0. The maximum atomic E-state index is 11.7. The van der Waals surface area contributed by atoms with Crippen LogP contribution in [0.2, 0.25) is 0 Å². The Morgan fingerprint density at radius 3 is 2.61 bits per heavy atom. The van der Waals surface area contributed by atoms with E-state index < -0.39 is 12.0 Å². The molecule has 1 aromatic rings. The van der Waals surface area contributed by atoms with Crippen molar-refractivity contribution in [1.29, 1.82) is 0 Å². The van der Waals surface area contributed by atoms with Crippen molar-refractivity contribution in [1.82, 2.24) is 5.32 Å². The monoisotopic (exact) mass is 247 g/mol. The molecule has 1 aromatic carbocycles. The van der Waals surface area contributed by atoms with Gasteiger partial charge in [0.1, 0.15) is 6.04 Å². The maximum Gasteiger partial charge on any atom is 0.328 e. The van der Waals surface area contributed by atoms with Crippen LogP contribution in [0.5, 0.6) is 0 Å². The Bertz CT molecular complexity index is 414. The molecule has 0 aliphatic rings. The van der Waals surface area contributed by atoms with Crippen LogP contribution in [0.15, 0.2) is 43.0 Å². The smallest absolute Gasteiger partial charge is 0.328 e. The summed E-state index contributed by atoms with van der Waals surface area (Å²) in [7, 11) is 0. The van der Waals surface area contributed by atoms with Crippen LogP contribution < -0.4 is 5.32 Å². The Labute approximate surface area is 107 Å². The summed E-state index contributed by atoms with van der Waals surface area (Å²) in [5.74, 6) is -0.819. The van der Waals surface area contributed by atoms with Gasteiger partial charge in [-0.1, -0.05) is 36.9 Å². The van der Waals surface area contributed by atoms with E-state index in [1.165, 1.54) is 0 Å². The Morgan fingerprint density at radius 2 is 2.06 bits per heavy atom. The van der Waals surface area contributed by atoms with Gasteiger partial charge in [-0.25, -0.2) is 4.79 Å². The molecule has 1 rings (SSSR count). The summed E-state index contributed by atoms with van der Waals surface area (Å²) in [6.45, 7) is 5.38. The van der Waals surface area contributed by atoms with Gasteiger partial charge in [0, 0.05) is 6.42 Å². The van der Waals surface area contributed by atoms with Gasteiger partial charge < -0.3 is 10.1 Å². The second-order valence-corrected chi connectivity index (χ2v) is 3.71. The van der Waals surface area contributed by atoms with Crippen LogP contribution in [0.1, 0.15) is 12.5 Å². The first-order valence-electron chi connectivity index (χ1n) is 5.80. The minimum atomic E-state index is -0.683. The predicted octanol–water partition coefficient (Wildman–Crippen LogP) is 1.46. The highest BCUT2D eigenvalue weighted by atomic mass is 16.5. The number of benzene rings is 1. The van der Waals surface area contributed by atoms with Crippen molar-refractivity contribution in [3.8, 4) is 0 Å². The van der Waals surface area contributed by atoms with Crippen molar-refractivity contribution in [3.05, 3.63) is 48.6 Å². The second kappa shape index (κ2) is 7.27. The molecule has 0 spiro atoms. The molecule has 0 aromatic heterocycles. The highest BCUT2D eigenvalue weighted by Crippen LogP contribution is 2.04. The van der Waals surface area contributed by atoms with E-state index >= 15 is 0 Å². The van der Waals surface area contributed by atoms with Gasteiger partial charge in [0.2, 0.25) is 5.91 Å². The molecule has 4 heteroatoms. The Morgan fingerprint density at radius 1 is 1.39 bits per heavy atom. The van der Waals surface area contributed by atoms with Crippen LogP contribution in [-0.4, -0.2) is 24.5 Å². The molecule has 1 atom stereocenters. The molecule has 0 aliphatic heterocycles. The average molecular weight is 247 g/mol. The second-order valence-electron chi connectivity index (χ2n) is 3.71. The van der Waals surface area contributed by atoms with Crippen molar-refractivity contribution in [2.24, 2.45) is 0 Å². The van der Waals surface area contributed by atoms with Crippen molar-refractivity contribution in [2.75, 3.05) is 6.61 Å². The third-order valence-corrected chi connectivity index (χ3v) is 2.36. The van der Waals surface area contributed by atoms with Gasteiger partial charge in [-0.05, 0) is 18.6 Å². The lowest BCUT2D eigenvalue weighted by Crippen LogP contribution is -2.42. The molecule has 96 valence electrons. The van der Waals surface area contributed by atoms with Gasteiger partial charge >= 0.3 is 5.97 Å². The summed E-state index contributed by atoms with van der Waals surface area (Å²) in [5, 5.41) is 2.57. The molecular formula is C14H17NO3. The molecule has 0 saturated carbocycles. The Kier molecular flexibility index (Phi) is 5.64. The van der Waals surface area contributed by atoms with E-state index in [1.54, 1.807) is 6.92 Å². The molecule has 1 amide bonds. The largest absolute Gasteiger partial charge is 0.464 e. The zero-order chi connectivity index (χ0) is 13.4. The first kappa shape index (κ1) is 14.0. The van der Waals surface area contributed by atoms with E-state index in [-0.39, 0.29) is 12.5 Å². The number of rotatable bonds is 6. The SMILES string of the molecule is C=CC(=O)NC(Cc1ccccc1)C(=O)OCC. The standard InChI is InChI=1S/C14H17NO3/c1-3-13(16)15-12(14(17)18-4-2)10-11-8-6-5-7-9-11/h3,5-9,12H,1,4,10H2,2H3,(H,15,16). The zero-order valence-corrected chi connectivity index (χ0v) is 10.4. The number of esters is 1. The summed E-state index contributed by atoms with van der Waals surface area (Å²) in [4.78, 5) is 23.0. The van der Waals surface area contributed by atoms with Gasteiger partial charge in [-0.3, -0.25) is 4.79 Å². The Balaban J connectivity index is 2.74. The van der Waals surface area contributed by atoms with Gasteiger partial charge in [0.25, 0.3) is 0 Å². The number of carbonyl (C=O) groups is 2. The van der Waals surface area contributed by atoms with Gasteiger partial charge in [-0.15, -0.1) is 0 Å². The van der Waals surface area contributed by atoms with Crippen molar-refractivity contribution >= 4 is 11.9 Å². The molecule has 0 radical (unpaired) electrons. The number of hydrogen-bond donors (Lipinski definition) is 1. The van der Waals surface area contributed by atoms with Crippen LogP contribution in [0, 0.1) is 0 Å². The van der Waals surface area contributed by atoms with E-state index in [4.69, 9.17) is 4.74 Å². The Hall–Kier alpha value is -2.10. The van der Waals surface area contributed by atoms with Crippen molar-refractivity contribution in [3.63, 3.8) is 0 Å². The molecule has 1 N–H and O–H groups in total. The van der Waals surface area contributed by atoms with Crippen LogP contribution in [0.25, 0.3) is 0 Å². The maximum absolute atomic E-state index is 11.7. The van der Waals surface area contributed by atoms with Crippen LogP contribution in [-0.2, 0) is 20.7 Å². The number of nitrogens with one attached hydrogen (secondary N) is 1. The summed E-state index contributed by atoms with van der Waals surface area (Å²) in [6.07, 6.45) is 1.54. The first-order chi connectivity index (χ1) is 8.67. The minimum absolute atomic E-state index is 0.286. The highest BCUT2D eigenvalue weighted by molar-refractivity contribution is 5.91. The normalized spacial score (nSPS) is 11.4. The molecule has 18 heavy (non-hydrogen) atoms. The molecule has 4 nitrogen and oxygen atoms in total. The van der Waals surface area contributed by atoms with Gasteiger partial charge in [0.15, 0.2) is 0 Å². The van der Waals surface area contributed by atoms with Crippen molar-refractivity contribution in [2.45, 2.75) is 19.4 Å². The number of hydrogen-bond acceptors (Lipinski definition) is 3. The third kappa shape index (κ3) is 4.41. The van der Waals surface area contributed by atoms with Gasteiger partial charge in [0.05, 0.1) is 6.61 Å². The molecular weight excluding hydrogens is 230 g/mol. The van der Waals surface area contributed by atoms with E-state index in [0.717, 1.165) is 11.6 Å². The molecule has 1 unspecified atom stereocenters. The van der Waals surface area contributed by atoms with Gasteiger partial charge in [-0.2, -0.15) is 0 Å². The third-order valence-electron chi connectivity index (χ3n) is 2.36. The number of carbonyl (C=O) groups excluding carboxylic acids is 2. The lowest BCUT2D eigenvalue weighted by molar-refractivity contribution is -0.146. The molecule has 0 heterocycles. The van der Waals surface area contributed by atoms with Crippen LogP contribution in [0.4, 0.5) is 0 Å². The number of amides is 1. The molecule has 0 aliphatic carbocycles. The van der Waals surface area contributed by atoms with E-state index in [0.29, 0.717) is 6.42 Å². The molecule has 0 saturated heterocycles. The van der Waals surface area contributed by atoms with E-state index in [9.17, 15) is 9.59 Å². The fourth-order valence-corrected chi connectivity index (χ4v) is 1.52. The van der Waals surface area contributed by atoms with Crippen LogP contribution >= 0.6 is 0 Å². The average Bonchev–Trinajstić information content (AvgIpc) is 2.39. The predicted molar refractivity (Wildman–Crippen MR) is 68.9 cm³/mol. The highest BCUT2D eigenvalue weighted by Gasteiger charge is 2.21. The van der Waals surface area contributed by atoms with E-state index in [1.807, 2.05) is 30.3 Å². The topological polar surface area (TPSA) is 55.4 Å². The number of ether oxygens (including phenoxy) is 1.